The molecule has 0 bridgehead atoms. The van der Waals surface area contributed by atoms with E-state index in [9.17, 15) is 0 Å². The summed E-state index contributed by atoms with van der Waals surface area (Å²) in [5.74, 6) is 0. The molecule has 48 heavy (non-hydrogen) atoms. The van der Waals surface area contributed by atoms with Gasteiger partial charge in [-0.05, 0) is 104 Å². The molecular formula is C44H34ClN3. The van der Waals surface area contributed by atoms with Gasteiger partial charge in [0.25, 0.3) is 0 Å². The zero-order valence-electron chi connectivity index (χ0n) is 26.9. The van der Waals surface area contributed by atoms with Crippen molar-refractivity contribution in [2.75, 3.05) is 9.80 Å². The van der Waals surface area contributed by atoms with Crippen LogP contribution in [0.15, 0.2) is 170 Å². The third-order valence-electron chi connectivity index (χ3n) is 8.95. The SMILES string of the molecule is Cc1ccc(N(c2cccc(C)c2)c2cccc(N(c3ccccc3)c3ccc(-n4c5ccccc5c5ccccc54)cc3)c2Cl)cc1. The molecular weight excluding hydrogens is 606 g/mol. The second-order valence-electron chi connectivity index (χ2n) is 12.2. The van der Waals surface area contributed by atoms with E-state index in [1.807, 2.05) is 6.07 Å². The molecule has 0 fully saturated rings. The Morgan fingerprint density at radius 2 is 0.896 bits per heavy atom. The molecule has 0 amide bonds. The van der Waals surface area contributed by atoms with Crippen molar-refractivity contribution in [2.45, 2.75) is 13.8 Å². The highest BCUT2D eigenvalue weighted by Gasteiger charge is 2.22. The zero-order valence-corrected chi connectivity index (χ0v) is 27.6. The largest absolute Gasteiger partial charge is 0.309 e. The predicted molar refractivity (Wildman–Crippen MR) is 205 cm³/mol. The number of hydrogen-bond acceptors (Lipinski definition) is 2. The minimum atomic E-state index is 0.662. The number of aromatic nitrogens is 1. The minimum Gasteiger partial charge on any atom is -0.309 e. The zero-order chi connectivity index (χ0) is 32.6. The number of para-hydroxylation sites is 3. The summed E-state index contributed by atoms with van der Waals surface area (Å²) in [6.07, 6.45) is 0. The monoisotopic (exact) mass is 639 g/mol. The number of aryl methyl sites for hydroxylation is 2. The van der Waals surface area contributed by atoms with Gasteiger partial charge in [0.15, 0.2) is 0 Å². The molecule has 0 atom stereocenters. The van der Waals surface area contributed by atoms with Gasteiger partial charge in [-0.1, -0.05) is 102 Å². The number of halogens is 1. The van der Waals surface area contributed by atoms with Gasteiger partial charge >= 0.3 is 0 Å². The van der Waals surface area contributed by atoms with E-state index < -0.39 is 0 Å². The molecule has 1 heterocycles. The average Bonchev–Trinajstić information content (AvgIpc) is 3.46. The first-order valence-electron chi connectivity index (χ1n) is 16.2. The van der Waals surface area contributed by atoms with E-state index in [1.165, 1.54) is 32.9 Å². The van der Waals surface area contributed by atoms with E-state index in [-0.39, 0.29) is 0 Å². The van der Waals surface area contributed by atoms with Gasteiger partial charge < -0.3 is 14.4 Å². The van der Waals surface area contributed by atoms with E-state index in [4.69, 9.17) is 11.6 Å². The predicted octanol–water partition coefficient (Wildman–Crippen LogP) is 13.0. The molecule has 0 saturated heterocycles. The van der Waals surface area contributed by atoms with Crippen molar-refractivity contribution in [3.63, 3.8) is 0 Å². The van der Waals surface area contributed by atoms with Crippen LogP contribution in [0.5, 0.6) is 0 Å². The van der Waals surface area contributed by atoms with E-state index >= 15 is 0 Å². The molecule has 4 heteroatoms. The molecule has 0 saturated carbocycles. The number of fused-ring (bicyclic) bond motifs is 3. The molecule has 0 aliphatic rings. The number of rotatable bonds is 7. The van der Waals surface area contributed by atoms with E-state index in [0.717, 1.165) is 39.8 Å². The topological polar surface area (TPSA) is 11.4 Å². The molecule has 0 spiro atoms. The normalized spacial score (nSPS) is 11.2. The lowest BCUT2D eigenvalue weighted by Crippen LogP contribution is -2.14. The Kier molecular flexibility index (Phi) is 7.68. The molecule has 0 N–H and O–H groups in total. The Balaban J connectivity index is 1.27. The standard InChI is InChI=1S/C44H34ClN3/c1-31-22-24-34(25-23-31)47(37-15-10-12-32(2)30-37)43-21-11-20-42(44(43)45)46(33-13-4-3-5-14-33)35-26-28-36(29-27-35)48-40-18-8-6-16-38(40)39-17-7-9-19-41(39)48/h3-30H,1-2H3. The van der Waals surface area contributed by atoms with Gasteiger partial charge in [0.1, 0.15) is 0 Å². The van der Waals surface area contributed by atoms with Crippen LogP contribution in [-0.4, -0.2) is 4.57 Å². The van der Waals surface area contributed by atoms with Crippen molar-refractivity contribution in [1.82, 2.24) is 4.57 Å². The lowest BCUT2D eigenvalue weighted by atomic mass is 10.1. The van der Waals surface area contributed by atoms with Gasteiger partial charge in [0.2, 0.25) is 0 Å². The molecule has 232 valence electrons. The fourth-order valence-electron chi connectivity index (χ4n) is 6.70. The fraction of sp³-hybridized carbons (Fsp3) is 0.0455. The molecule has 8 aromatic rings. The van der Waals surface area contributed by atoms with Crippen molar-refractivity contribution >= 4 is 67.5 Å². The molecule has 1 aromatic heterocycles. The van der Waals surface area contributed by atoms with Crippen molar-refractivity contribution in [3.8, 4) is 5.69 Å². The quantitative estimate of drug-likeness (QED) is 0.172. The second-order valence-corrected chi connectivity index (χ2v) is 12.6. The van der Waals surface area contributed by atoms with Crippen LogP contribution in [0.4, 0.5) is 34.1 Å². The van der Waals surface area contributed by atoms with Crippen LogP contribution in [-0.2, 0) is 0 Å². The third kappa shape index (κ3) is 5.29. The molecule has 8 rings (SSSR count). The van der Waals surface area contributed by atoms with Gasteiger partial charge in [0.05, 0.1) is 27.4 Å². The van der Waals surface area contributed by atoms with Crippen LogP contribution in [0, 0.1) is 13.8 Å². The number of hydrogen-bond donors (Lipinski definition) is 0. The van der Waals surface area contributed by atoms with Gasteiger partial charge in [-0.15, -0.1) is 0 Å². The maximum absolute atomic E-state index is 7.52. The highest BCUT2D eigenvalue weighted by Crippen LogP contribution is 2.47. The smallest absolute Gasteiger partial charge is 0.0887 e. The Morgan fingerprint density at radius 1 is 0.417 bits per heavy atom. The Bertz CT molecular complexity index is 2320. The van der Waals surface area contributed by atoms with Crippen LogP contribution < -0.4 is 9.80 Å². The van der Waals surface area contributed by atoms with Gasteiger partial charge in [-0.3, -0.25) is 0 Å². The summed E-state index contributed by atoms with van der Waals surface area (Å²) in [5, 5.41) is 3.16. The Hall–Kier alpha value is -5.77. The second kappa shape index (κ2) is 12.4. The highest BCUT2D eigenvalue weighted by atomic mass is 35.5. The lowest BCUT2D eigenvalue weighted by Gasteiger charge is -2.31. The van der Waals surface area contributed by atoms with Crippen molar-refractivity contribution < 1.29 is 0 Å². The average molecular weight is 640 g/mol. The third-order valence-corrected chi connectivity index (χ3v) is 9.34. The number of benzene rings is 7. The summed E-state index contributed by atoms with van der Waals surface area (Å²) < 4.78 is 2.34. The Morgan fingerprint density at radius 3 is 1.50 bits per heavy atom. The summed E-state index contributed by atoms with van der Waals surface area (Å²) >= 11 is 7.52. The van der Waals surface area contributed by atoms with E-state index in [1.54, 1.807) is 0 Å². The number of nitrogens with zero attached hydrogens (tertiary/aromatic N) is 3. The summed E-state index contributed by atoms with van der Waals surface area (Å²) in [7, 11) is 0. The molecule has 0 radical (unpaired) electrons. The first kappa shape index (κ1) is 29.6. The Labute approximate surface area is 286 Å². The molecule has 3 nitrogen and oxygen atoms in total. The molecule has 0 unspecified atom stereocenters. The van der Waals surface area contributed by atoms with Crippen molar-refractivity contribution in [1.29, 1.82) is 0 Å². The molecule has 0 aliphatic carbocycles. The molecule has 0 aliphatic heterocycles. The highest BCUT2D eigenvalue weighted by molar-refractivity contribution is 6.36. The van der Waals surface area contributed by atoms with Gasteiger partial charge in [-0.25, -0.2) is 0 Å². The van der Waals surface area contributed by atoms with E-state index in [2.05, 4.69) is 192 Å². The molecule has 7 aromatic carbocycles. The van der Waals surface area contributed by atoms with Gasteiger partial charge in [-0.2, -0.15) is 0 Å². The van der Waals surface area contributed by atoms with Crippen molar-refractivity contribution in [2.24, 2.45) is 0 Å². The summed E-state index contributed by atoms with van der Waals surface area (Å²) in [4.78, 5) is 4.48. The summed E-state index contributed by atoms with van der Waals surface area (Å²) in [6, 6.07) is 59.9. The van der Waals surface area contributed by atoms with Crippen LogP contribution in [0.25, 0.3) is 27.5 Å². The van der Waals surface area contributed by atoms with Crippen LogP contribution >= 0.6 is 11.6 Å². The first-order valence-corrected chi connectivity index (χ1v) is 16.6. The minimum absolute atomic E-state index is 0.662. The maximum atomic E-state index is 7.52. The first-order chi connectivity index (χ1) is 23.6. The maximum Gasteiger partial charge on any atom is 0.0887 e. The fourth-order valence-corrected chi connectivity index (χ4v) is 6.99. The summed E-state index contributed by atoms with van der Waals surface area (Å²) in [6.45, 7) is 4.23. The van der Waals surface area contributed by atoms with Gasteiger partial charge in [0, 0.05) is 39.2 Å². The summed E-state index contributed by atoms with van der Waals surface area (Å²) in [5.41, 5.74) is 11.8. The van der Waals surface area contributed by atoms with Crippen molar-refractivity contribution in [3.05, 3.63) is 186 Å². The van der Waals surface area contributed by atoms with Crippen LogP contribution in [0.2, 0.25) is 5.02 Å². The lowest BCUT2D eigenvalue weighted by molar-refractivity contribution is 1.17. The van der Waals surface area contributed by atoms with Crippen LogP contribution in [0.1, 0.15) is 11.1 Å². The van der Waals surface area contributed by atoms with Crippen LogP contribution in [0.3, 0.4) is 0 Å². The van der Waals surface area contributed by atoms with E-state index in [0.29, 0.717) is 5.02 Å². The number of anilines is 6.